The zero-order valence-electron chi connectivity index (χ0n) is 13.0. The highest BCUT2D eigenvalue weighted by Gasteiger charge is 2.13. The van der Waals surface area contributed by atoms with Crippen LogP contribution in [0.3, 0.4) is 0 Å². The molecule has 1 N–H and O–H groups in total. The number of aliphatic hydroxyl groups is 1. The predicted molar refractivity (Wildman–Crippen MR) is 83.9 cm³/mol. The number of hydrogen-bond donors (Lipinski definition) is 1. The Bertz CT molecular complexity index is 546. The first-order valence-corrected chi connectivity index (χ1v) is 7.47. The highest BCUT2D eigenvalue weighted by atomic mass is 16.5. The minimum atomic E-state index is 0.217. The zero-order chi connectivity index (χ0) is 15.2. The van der Waals surface area contributed by atoms with Gasteiger partial charge < -0.3 is 9.63 Å². The van der Waals surface area contributed by atoms with Crippen LogP contribution in [-0.2, 0) is 6.54 Å². The average Bonchev–Trinajstić information content (AvgIpc) is 2.92. The van der Waals surface area contributed by atoms with Crippen LogP contribution in [0.5, 0.6) is 0 Å². The third-order valence-corrected chi connectivity index (χ3v) is 3.60. The van der Waals surface area contributed by atoms with Crippen molar-refractivity contribution in [2.24, 2.45) is 0 Å². The molecule has 0 radical (unpaired) electrons. The molecule has 0 saturated carbocycles. The second-order valence-electron chi connectivity index (χ2n) is 5.69. The van der Waals surface area contributed by atoms with E-state index in [1.807, 2.05) is 6.07 Å². The Hall–Kier alpha value is -1.65. The van der Waals surface area contributed by atoms with E-state index in [0.717, 1.165) is 36.5 Å². The molecule has 0 unspecified atom stereocenters. The summed E-state index contributed by atoms with van der Waals surface area (Å²) in [6, 6.07) is 10.7. The van der Waals surface area contributed by atoms with Gasteiger partial charge in [0.15, 0.2) is 5.76 Å². The summed E-state index contributed by atoms with van der Waals surface area (Å²) in [6.07, 6.45) is 0.775. The van der Waals surface area contributed by atoms with Crippen LogP contribution >= 0.6 is 0 Å². The molecule has 0 saturated heterocycles. The summed E-state index contributed by atoms with van der Waals surface area (Å²) in [5.74, 6) is 0.859. The predicted octanol–water partition coefficient (Wildman–Crippen LogP) is 3.24. The molecule has 2 aromatic rings. The van der Waals surface area contributed by atoms with E-state index in [1.165, 1.54) is 5.56 Å². The third-order valence-electron chi connectivity index (χ3n) is 3.60. The van der Waals surface area contributed by atoms with Gasteiger partial charge in [-0.2, -0.15) is 0 Å². The molecule has 1 heterocycles. The molecule has 0 fully saturated rings. The molecule has 114 valence electrons. The fraction of sp³-hybridized carbons (Fsp3) is 0.471. The van der Waals surface area contributed by atoms with E-state index in [0.29, 0.717) is 6.04 Å². The van der Waals surface area contributed by atoms with Crippen LogP contribution in [0.25, 0.3) is 11.3 Å². The van der Waals surface area contributed by atoms with Crippen molar-refractivity contribution in [2.75, 3.05) is 13.2 Å². The van der Waals surface area contributed by atoms with Crippen LogP contribution in [0.2, 0.25) is 0 Å². The molecule has 0 aliphatic carbocycles. The van der Waals surface area contributed by atoms with Gasteiger partial charge in [-0.15, -0.1) is 0 Å². The third kappa shape index (κ3) is 4.41. The second-order valence-corrected chi connectivity index (χ2v) is 5.69. The molecule has 21 heavy (non-hydrogen) atoms. The van der Waals surface area contributed by atoms with Gasteiger partial charge in [0.05, 0.1) is 6.54 Å². The van der Waals surface area contributed by atoms with Gasteiger partial charge in [0.1, 0.15) is 5.69 Å². The largest absolute Gasteiger partial charge is 0.396 e. The van der Waals surface area contributed by atoms with Gasteiger partial charge in [-0.25, -0.2) is 0 Å². The van der Waals surface area contributed by atoms with Crippen molar-refractivity contribution in [3.05, 3.63) is 41.7 Å². The highest BCUT2D eigenvalue weighted by Crippen LogP contribution is 2.20. The molecule has 4 nitrogen and oxygen atoms in total. The zero-order valence-corrected chi connectivity index (χ0v) is 13.0. The number of hydrogen-bond acceptors (Lipinski definition) is 4. The Balaban J connectivity index is 2.06. The van der Waals surface area contributed by atoms with Crippen LogP contribution in [0.4, 0.5) is 0 Å². The van der Waals surface area contributed by atoms with Gasteiger partial charge in [0.25, 0.3) is 0 Å². The molecule has 1 aromatic carbocycles. The summed E-state index contributed by atoms with van der Waals surface area (Å²) in [4.78, 5) is 2.27. The summed E-state index contributed by atoms with van der Waals surface area (Å²) in [5.41, 5.74) is 3.18. The van der Waals surface area contributed by atoms with Gasteiger partial charge in [0, 0.05) is 30.8 Å². The first kappa shape index (κ1) is 15.7. The van der Waals surface area contributed by atoms with Crippen molar-refractivity contribution in [1.82, 2.24) is 10.1 Å². The summed E-state index contributed by atoms with van der Waals surface area (Å²) in [5, 5.41) is 13.1. The Kier molecular flexibility index (Phi) is 5.53. The lowest BCUT2D eigenvalue weighted by Gasteiger charge is -2.24. The number of rotatable bonds is 7. The molecule has 0 aliphatic rings. The highest BCUT2D eigenvalue weighted by molar-refractivity contribution is 5.59. The summed E-state index contributed by atoms with van der Waals surface area (Å²) >= 11 is 0. The lowest BCUT2D eigenvalue weighted by Crippen LogP contribution is -2.31. The maximum absolute atomic E-state index is 8.98. The minimum absolute atomic E-state index is 0.217. The first-order chi connectivity index (χ1) is 10.1. The Morgan fingerprint density at radius 3 is 2.57 bits per heavy atom. The van der Waals surface area contributed by atoms with Gasteiger partial charge in [-0.3, -0.25) is 4.90 Å². The summed E-state index contributed by atoms with van der Waals surface area (Å²) in [7, 11) is 0. The number of aryl methyl sites for hydroxylation is 1. The lowest BCUT2D eigenvalue weighted by molar-refractivity contribution is 0.168. The average molecular weight is 288 g/mol. The van der Waals surface area contributed by atoms with Crippen molar-refractivity contribution < 1.29 is 9.63 Å². The van der Waals surface area contributed by atoms with Gasteiger partial charge in [-0.1, -0.05) is 35.0 Å². The molecule has 1 aromatic heterocycles. The van der Waals surface area contributed by atoms with Crippen molar-refractivity contribution in [3.8, 4) is 11.3 Å². The van der Waals surface area contributed by atoms with Crippen LogP contribution in [0.1, 0.15) is 31.6 Å². The molecule has 0 aliphatic heterocycles. The molecule has 0 spiro atoms. The van der Waals surface area contributed by atoms with Crippen molar-refractivity contribution in [1.29, 1.82) is 0 Å². The van der Waals surface area contributed by atoms with Crippen molar-refractivity contribution in [3.63, 3.8) is 0 Å². The van der Waals surface area contributed by atoms with Gasteiger partial charge in [-0.05, 0) is 27.2 Å². The summed E-state index contributed by atoms with van der Waals surface area (Å²) in [6.45, 7) is 8.16. The van der Waals surface area contributed by atoms with Crippen LogP contribution in [0.15, 0.2) is 34.9 Å². The van der Waals surface area contributed by atoms with Gasteiger partial charge in [0.2, 0.25) is 0 Å². The fourth-order valence-electron chi connectivity index (χ4n) is 2.24. The summed E-state index contributed by atoms with van der Waals surface area (Å²) < 4.78 is 5.46. The van der Waals surface area contributed by atoms with Crippen LogP contribution in [-0.4, -0.2) is 34.4 Å². The van der Waals surface area contributed by atoms with Gasteiger partial charge >= 0.3 is 0 Å². The smallest absolute Gasteiger partial charge is 0.151 e. The molecular weight excluding hydrogens is 264 g/mol. The van der Waals surface area contributed by atoms with Crippen molar-refractivity contribution in [2.45, 2.75) is 39.8 Å². The van der Waals surface area contributed by atoms with E-state index >= 15 is 0 Å². The Labute approximate surface area is 126 Å². The Morgan fingerprint density at radius 1 is 1.24 bits per heavy atom. The number of aliphatic hydroxyl groups excluding tert-OH is 1. The topological polar surface area (TPSA) is 49.5 Å². The van der Waals surface area contributed by atoms with E-state index in [1.54, 1.807) is 0 Å². The van der Waals surface area contributed by atoms with E-state index < -0.39 is 0 Å². The van der Waals surface area contributed by atoms with E-state index in [-0.39, 0.29) is 6.61 Å². The maximum atomic E-state index is 8.98. The van der Waals surface area contributed by atoms with E-state index in [2.05, 4.69) is 55.1 Å². The van der Waals surface area contributed by atoms with E-state index in [4.69, 9.17) is 9.63 Å². The maximum Gasteiger partial charge on any atom is 0.151 e. The standard InChI is InChI=1S/C17H24N2O2/c1-13(2)19(9-4-10-20)12-16-11-17(18-21-16)15-7-5-14(3)6-8-15/h5-8,11,13,20H,4,9-10,12H2,1-3H3. The van der Waals surface area contributed by atoms with Crippen molar-refractivity contribution >= 4 is 0 Å². The molecular formula is C17H24N2O2. The second kappa shape index (κ2) is 7.38. The Morgan fingerprint density at radius 2 is 1.95 bits per heavy atom. The van der Waals surface area contributed by atoms with E-state index in [9.17, 15) is 0 Å². The number of aromatic nitrogens is 1. The first-order valence-electron chi connectivity index (χ1n) is 7.47. The lowest BCUT2D eigenvalue weighted by atomic mass is 10.1. The quantitative estimate of drug-likeness (QED) is 0.849. The fourth-order valence-corrected chi connectivity index (χ4v) is 2.24. The molecule has 2 rings (SSSR count). The van der Waals surface area contributed by atoms with Crippen LogP contribution in [0, 0.1) is 6.92 Å². The monoisotopic (exact) mass is 288 g/mol. The minimum Gasteiger partial charge on any atom is -0.396 e. The number of nitrogens with zero attached hydrogens (tertiary/aromatic N) is 2. The molecule has 0 bridgehead atoms. The molecule has 0 amide bonds. The normalized spacial score (nSPS) is 11.5. The van der Waals surface area contributed by atoms with Crippen LogP contribution < -0.4 is 0 Å². The molecule has 4 heteroatoms. The molecule has 0 atom stereocenters. The SMILES string of the molecule is Cc1ccc(-c2cc(CN(CCCO)C(C)C)on2)cc1. The number of benzene rings is 1.